The van der Waals surface area contributed by atoms with Gasteiger partial charge in [-0.15, -0.1) is 0 Å². The smallest absolute Gasteiger partial charge is 0.227 e. The lowest BCUT2D eigenvalue weighted by molar-refractivity contribution is -0.117. The number of nitriles is 1. The van der Waals surface area contributed by atoms with E-state index in [1.54, 1.807) is 24.3 Å². The van der Waals surface area contributed by atoms with Gasteiger partial charge in [0.2, 0.25) is 5.91 Å². The Bertz CT molecular complexity index is 416. The summed E-state index contributed by atoms with van der Waals surface area (Å²) in [5.41, 5.74) is 1.37. The van der Waals surface area contributed by atoms with E-state index >= 15 is 0 Å². The molecule has 0 aliphatic heterocycles. The molecule has 0 radical (unpaired) electrons. The molecular weight excluding hydrogens is 188 g/mol. The largest absolute Gasteiger partial charge is 0.326 e. The molecule has 1 aliphatic carbocycles. The van der Waals surface area contributed by atoms with E-state index in [0.29, 0.717) is 11.5 Å². The van der Waals surface area contributed by atoms with Gasteiger partial charge in [0.15, 0.2) is 0 Å². The number of nitrogens with one attached hydrogen (secondary N) is 1. The second-order valence-corrected chi connectivity index (χ2v) is 4.00. The molecule has 1 fully saturated rings. The van der Waals surface area contributed by atoms with Gasteiger partial charge in [0.1, 0.15) is 0 Å². The Hall–Kier alpha value is -1.82. The van der Waals surface area contributed by atoms with Gasteiger partial charge in [-0.3, -0.25) is 4.79 Å². The molecule has 3 nitrogen and oxygen atoms in total. The van der Waals surface area contributed by atoms with E-state index in [4.69, 9.17) is 5.26 Å². The van der Waals surface area contributed by atoms with Crippen LogP contribution < -0.4 is 5.32 Å². The third-order valence-electron chi connectivity index (χ3n) is 2.73. The quantitative estimate of drug-likeness (QED) is 0.795. The summed E-state index contributed by atoms with van der Waals surface area (Å²) in [6.07, 6.45) is 0.988. The minimum atomic E-state index is 0.0900. The van der Waals surface area contributed by atoms with Crippen LogP contribution in [-0.2, 0) is 4.79 Å². The van der Waals surface area contributed by atoms with E-state index < -0.39 is 0 Å². The fourth-order valence-electron chi connectivity index (χ4n) is 1.55. The van der Waals surface area contributed by atoms with Crippen LogP contribution in [0.5, 0.6) is 0 Å². The number of rotatable bonds is 2. The van der Waals surface area contributed by atoms with Crippen molar-refractivity contribution >= 4 is 11.6 Å². The number of hydrogen-bond donors (Lipinski definition) is 1. The van der Waals surface area contributed by atoms with Crippen LogP contribution in [-0.4, -0.2) is 5.91 Å². The number of hydrogen-bond acceptors (Lipinski definition) is 2. The molecule has 2 unspecified atom stereocenters. The lowest BCUT2D eigenvalue weighted by Crippen LogP contribution is -2.14. The van der Waals surface area contributed by atoms with Crippen LogP contribution in [0.25, 0.3) is 0 Å². The fraction of sp³-hybridized carbons (Fsp3) is 0.333. The molecule has 1 amide bonds. The van der Waals surface area contributed by atoms with Crippen molar-refractivity contribution in [1.82, 2.24) is 0 Å². The fourth-order valence-corrected chi connectivity index (χ4v) is 1.55. The summed E-state index contributed by atoms with van der Waals surface area (Å²) >= 11 is 0. The summed E-state index contributed by atoms with van der Waals surface area (Å²) in [6, 6.07) is 8.94. The maximum atomic E-state index is 11.6. The van der Waals surface area contributed by atoms with Gasteiger partial charge >= 0.3 is 0 Å². The summed E-state index contributed by atoms with van der Waals surface area (Å²) in [6.45, 7) is 2.07. The average molecular weight is 200 g/mol. The Morgan fingerprint density at radius 3 is 2.53 bits per heavy atom. The first-order valence-corrected chi connectivity index (χ1v) is 5.01. The van der Waals surface area contributed by atoms with Crippen molar-refractivity contribution in [3.05, 3.63) is 29.8 Å². The zero-order valence-electron chi connectivity index (χ0n) is 8.53. The predicted molar refractivity (Wildman–Crippen MR) is 57.1 cm³/mol. The lowest BCUT2D eigenvalue weighted by atomic mass is 10.2. The van der Waals surface area contributed by atoms with Crippen molar-refractivity contribution in [2.45, 2.75) is 13.3 Å². The highest BCUT2D eigenvalue weighted by Gasteiger charge is 2.38. The molecule has 0 aromatic heterocycles. The highest BCUT2D eigenvalue weighted by atomic mass is 16.2. The molecule has 0 heterocycles. The van der Waals surface area contributed by atoms with E-state index in [1.165, 1.54) is 0 Å². The molecule has 2 atom stereocenters. The van der Waals surface area contributed by atoms with Crippen LogP contribution in [0.15, 0.2) is 24.3 Å². The molecule has 0 bridgehead atoms. The van der Waals surface area contributed by atoms with E-state index in [0.717, 1.165) is 12.1 Å². The molecule has 1 saturated carbocycles. The number of nitrogens with zero attached hydrogens (tertiary/aromatic N) is 1. The van der Waals surface area contributed by atoms with Crippen molar-refractivity contribution in [2.75, 3.05) is 5.32 Å². The average Bonchev–Trinajstić information content (AvgIpc) is 2.97. The molecule has 76 valence electrons. The molecular formula is C12H12N2O. The second kappa shape index (κ2) is 3.74. The standard InChI is InChI=1S/C12H12N2O/c1-8-6-11(8)12(15)14-10-4-2-9(7-13)3-5-10/h2-5,8,11H,6H2,1H3,(H,14,15). The first-order chi connectivity index (χ1) is 7.20. The Morgan fingerprint density at radius 2 is 2.07 bits per heavy atom. The van der Waals surface area contributed by atoms with E-state index in [2.05, 4.69) is 12.2 Å². The maximum absolute atomic E-state index is 11.6. The van der Waals surface area contributed by atoms with Gasteiger partial charge in [-0.2, -0.15) is 5.26 Å². The van der Waals surface area contributed by atoms with Crippen molar-refractivity contribution in [1.29, 1.82) is 5.26 Å². The molecule has 1 aliphatic rings. The molecule has 3 heteroatoms. The van der Waals surface area contributed by atoms with Crippen molar-refractivity contribution in [3.8, 4) is 6.07 Å². The van der Waals surface area contributed by atoms with Gasteiger partial charge < -0.3 is 5.32 Å². The Morgan fingerprint density at radius 1 is 1.47 bits per heavy atom. The van der Waals surface area contributed by atoms with Crippen molar-refractivity contribution in [3.63, 3.8) is 0 Å². The second-order valence-electron chi connectivity index (χ2n) is 4.00. The Labute approximate surface area is 88.7 Å². The molecule has 2 rings (SSSR count). The maximum Gasteiger partial charge on any atom is 0.227 e. The van der Waals surface area contributed by atoms with Gasteiger partial charge in [0.05, 0.1) is 11.6 Å². The Kier molecular flexibility index (Phi) is 2.42. The van der Waals surface area contributed by atoms with E-state index in [-0.39, 0.29) is 11.8 Å². The number of carbonyl (C=O) groups is 1. The molecule has 1 aromatic carbocycles. The Balaban J connectivity index is 1.99. The highest BCUT2D eigenvalue weighted by Crippen LogP contribution is 2.38. The summed E-state index contributed by atoms with van der Waals surface area (Å²) in [4.78, 5) is 11.6. The van der Waals surface area contributed by atoms with Crippen molar-refractivity contribution < 1.29 is 4.79 Å². The van der Waals surface area contributed by atoms with Gasteiger partial charge in [-0.05, 0) is 36.6 Å². The first-order valence-electron chi connectivity index (χ1n) is 5.01. The van der Waals surface area contributed by atoms with Crippen LogP contribution in [0.4, 0.5) is 5.69 Å². The third-order valence-corrected chi connectivity index (χ3v) is 2.73. The van der Waals surface area contributed by atoms with Crippen LogP contribution in [0.1, 0.15) is 18.9 Å². The van der Waals surface area contributed by atoms with Crippen LogP contribution in [0.2, 0.25) is 0 Å². The van der Waals surface area contributed by atoms with Crippen molar-refractivity contribution in [2.24, 2.45) is 11.8 Å². The predicted octanol–water partition coefficient (Wildman–Crippen LogP) is 2.15. The van der Waals surface area contributed by atoms with Gasteiger partial charge in [-0.25, -0.2) is 0 Å². The molecule has 0 spiro atoms. The van der Waals surface area contributed by atoms with E-state index in [9.17, 15) is 4.79 Å². The SMILES string of the molecule is CC1CC1C(=O)Nc1ccc(C#N)cc1. The van der Waals surface area contributed by atoms with Gasteiger partial charge in [-0.1, -0.05) is 6.92 Å². The first kappa shape index (κ1) is 9.72. The minimum Gasteiger partial charge on any atom is -0.326 e. The lowest BCUT2D eigenvalue weighted by Gasteiger charge is -2.03. The summed E-state index contributed by atoms with van der Waals surface area (Å²) in [7, 11) is 0. The number of anilines is 1. The zero-order valence-corrected chi connectivity index (χ0v) is 8.53. The topological polar surface area (TPSA) is 52.9 Å². The third kappa shape index (κ3) is 2.16. The van der Waals surface area contributed by atoms with Gasteiger partial charge in [0.25, 0.3) is 0 Å². The number of carbonyl (C=O) groups excluding carboxylic acids is 1. The number of benzene rings is 1. The normalized spacial score (nSPS) is 22.9. The minimum absolute atomic E-state index is 0.0900. The summed E-state index contributed by atoms with van der Waals surface area (Å²) < 4.78 is 0. The molecule has 15 heavy (non-hydrogen) atoms. The monoisotopic (exact) mass is 200 g/mol. The molecule has 0 saturated heterocycles. The summed E-state index contributed by atoms with van der Waals surface area (Å²) in [5, 5.41) is 11.4. The van der Waals surface area contributed by atoms with Gasteiger partial charge in [0, 0.05) is 11.6 Å². The number of amides is 1. The van der Waals surface area contributed by atoms with E-state index in [1.807, 2.05) is 6.07 Å². The van der Waals surface area contributed by atoms with Crippen LogP contribution in [0.3, 0.4) is 0 Å². The highest BCUT2D eigenvalue weighted by molar-refractivity contribution is 5.94. The summed E-state index contributed by atoms with van der Waals surface area (Å²) in [5.74, 6) is 0.788. The molecule has 1 aromatic rings. The van der Waals surface area contributed by atoms with Crippen LogP contribution >= 0.6 is 0 Å². The van der Waals surface area contributed by atoms with Crippen LogP contribution in [0, 0.1) is 23.2 Å². The zero-order chi connectivity index (χ0) is 10.8. The molecule has 1 N–H and O–H groups in total.